The van der Waals surface area contributed by atoms with Gasteiger partial charge >= 0.3 is 0 Å². The number of benzene rings is 2. The minimum Gasteiger partial charge on any atom is -0.495 e. The van der Waals surface area contributed by atoms with Crippen LogP contribution in [0.3, 0.4) is 0 Å². The Morgan fingerprint density at radius 2 is 1.86 bits per heavy atom. The normalized spacial score (nSPS) is 12.2. The predicted octanol–water partition coefficient (Wildman–Crippen LogP) is 3.01. The Bertz CT molecular complexity index is 1050. The first-order valence-corrected chi connectivity index (χ1v) is 10.5. The molecule has 9 nitrogen and oxygen atoms in total. The van der Waals surface area contributed by atoms with Gasteiger partial charge in [-0.25, -0.2) is 8.42 Å². The van der Waals surface area contributed by atoms with Crippen molar-refractivity contribution >= 4 is 33.0 Å². The molecule has 0 aliphatic rings. The number of carbonyl (C=O) groups is 1. The van der Waals surface area contributed by atoms with Crippen LogP contribution in [0.25, 0.3) is 0 Å². The van der Waals surface area contributed by atoms with E-state index in [-0.39, 0.29) is 17.1 Å². The molecule has 29 heavy (non-hydrogen) atoms. The summed E-state index contributed by atoms with van der Waals surface area (Å²) in [6, 6.07) is 7.96. The molecule has 0 saturated heterocycles. The monoisotopic (exact) mass is 421 g/mol. The van der Waals surface area contributed by atoms with Crippen LogP contribution in [0.15, 0.2) is 36.4 Å². The number of nitro groups is 1. The van der Waals surface area contributed by atoms with Crippen molar-refractivity contribution in [2.45, 2.75) is 26.8 Å². The Labute approximate surface area is 169 Å². The standard InChI is InChI=1S/C19H23N3O6S/c1-12-6-7-13(2)17(10-12)21(29(5,26)27)14(3)19(23)20-16-11-15(22(24)25)8-9-18(16)28-4/h6-11,14H,1-5H3,(H,20,23)/t14-/m1/s1. The number of hydrogen-bond acceptors (Lipinski definition) is 6. The van der Waals surface area contributed by atoms with Crippen molar-refractivity contribution in [3.63, 3.8) is 0 Å². The maximum atomic E-state index is 12.9. The van der Waals surface area contributed by atoms with E-state index in [1.807, 2.05) is 13.0 Å². The molecule has 0 spiro atoms. The third-order valence-corrected chi connectivity index (χ3v) is 5.57. The largest absolute Gasteiger partial charge is 0.495 e. The molecule has 0 heterocycles. The Morgan fingerprint density at radius 1 is 1.21 bits per heavy atom. The van der Waals surface area contributed by atoms with Gasteiger partial charge in [0.25, 0.3) is 5.69 Å². The van der Waals surface area contributed by atoms with E-state index < -0.39 is 26.9 Å². The van der Waals surface area contributed by atoms with Crippen LogP contribution in [-0.2, 0) is 14.8 Å². The van der Waals surface area contributed by atoms with Gasteiger partial charge in [-0.2, -0.15) is 0 Å². The number of carbonyl (C=O) groups excluding carboxylic acids is 1. The quantitative estimate of drug-likeness (QED) is 0.542. The van der Waals surface area contributed by atoms with Crippen molar-refractivity contribution in [1.29, 1.82) is 0 Å². The van der Waals surface area contributed by atoms with Gasteiger partial charge in [-0.15, -0.1) is 0 Å². The highest BCUT2D eigenvalue weighted by Crippen LogP contribution is 2.30. The average molecular weight is 421 g/mol. The molecule has 0 aromatic heterocycles. The average Bonchev–Trinajstić information content (AvgIpc) is 2.63. The molecule has 10 heteroatoms. The highest BCUT2D eigenvalue weighted by molar-refractivity contribution is 7.92. The lowest BCUT2D eigenvalue weighted by Gasteiger charge is -2.30. The second-order valence-electron chi connectivity index (χ2n) is 6.66. The molecule has 0 radical (unpaired) electrons. The molecule has 0 bridgehead atoms. The fraction of sp³-hybridized carbons (Fsp3) is 0.316. The highest BCUT2D eigenvalue weighted by Gasteiger charge is 2.31. The second-order valence-corrected chi connectivity index (χ2v) is 8.52. The summed E-state index contributed by atoms with van der Waals surface area (Å²) in [5.41, 5.74) is 1.76. The molecule has 1 atom stereocenters. The Hall–Kier alpha value is -3.14. The van der Waals surface area contributed by atoms with Crippen LogP contribution in [-0.4, -0.2) is 38.7 Å². The van der Waals surface area contributed by atoms with E-state index in [0.717, 1.165) is 22.2 Å². The fourth-order valence-corrected chi connectivity index (χ4v) is 4.11. The number of anilines is 2. The molecule has 1 N–H and O–H groups in total. The lowest BCUT2D eigenvalue weighted by Crippen LogP contribution is -2.45. The number of non-ortho nitro benzene ring substituents is 1. The molecular formula is C19H23N3O6S. The Morgan fingerprint density at radius 3 is 2.41 bits per heavy atom. The van der Waals surface area contributed by atoms with Crippen molar-refractivity contribution in [3.8, 4) is 5.75 Å². The summed E-state index contributed by atoms with van der Waals surface area (Å²) in [6.45, 7) is 5.02. The van der Waals surface area contributed by atoms with Crippen molar-refractivity contribution in [1.82, 2.24) is 0 Å². The van der Waals surface area contributed by atoms with Gasteiger partial charge in [0.15, 0.2) is 0 Å². The molecule has 0 unspecified atom stereocenters. The number of ether oxygens (including phenoxy) is 1. The third kappa shape index (κ3) is 5.02. The summed E-state index contributed by atoms with van der Waals surface area (Å²) in [6.07, 6.45) is 1.02. The fourth-order valence-electron chi connectivity index (χ4n) is 2.88. The van der Waals surface area contributed by atoms with Gasteiger partial charge in [0.05, 0.1) is 29.7 Å². The van der Waals surface area contributed by atoms with E-state index >= 15 is 0 Å². The SMILES string of the molecule is COc1ccc([N+](=O)[O-])cc1NC(=O)[C@@H](C)N(c1cc(C)ccc1C)S(C)(=O)=O. The molecule has 0 fully saturated rings. The van der Waals surface area contributed by atoms with Crippen LogP contribution in [0.5, 0.6) is 5.75 Å². The van der Waals surface area contributed by atoms with Gasteiger partial charge in [-0.05, 0) is 44.0 Å². The van der Waals surface area contributed by atoms with Gasteiger partial charge in [0, 0.05) is 12.1 Å². The van der Waals surface area contributed by atoms with Crippen LogP contribution in [0.1, 0.15) is 18.1 Å². The summed E-state index contributed by atoms with van der Waals surface area (Å²) >= 11 is 0. The predicted molar refractivity (Wildman–Crippen MR) is 111 cm³/mol. The lowest BCUT2D eigenvalue weighted by atomic mass is 10.1. The summed E-state index contributed by atoms with van der Waals surface area (Å²) in [4.78, 5) is 23.3. The van der Waals surface area contributed by atoms with E-state index in [9.17, 15) is 23.3 Å². The highest BCUT2D eigenvalue weighted by atomic mass is 32.2. The number of rotatable bonds is 7. The van der Waals surface area contributed by atoms with E-state index in [4.69, 9.17) is 4.74 Å². The van der Waals surface area contributed by atoms with Crippen LogP contribution in [0.4, 0.5) is 17.1 Å². The van der Waals surface area contributed by atoms with E-state index in [1.165, 1.54) is 26.2 Å². The van der Waals surface area contributed by atoms with Crippen molar-refractivity contribution in [3.05, 3.63) is 57.6 Å². The van der Waals surface area contributed by atoms with Crippen molar-refractivity contribution in [2.24, 2.45) is 0 Å². The maximum Gasteiger partial charge on any atom is 0.271 e. The van der Waals surface area contributed by atoms with E-state index in [1.54, 1.807) is 19.1 Å². The number of nitro benzene ring substituents is 1. The van der Waals surface area contributed by atoms with Gasteiger partial charge in [0.2, 0.25) is 15.9 Å². The molecule has 156 valence electrons. The van der Waals surface area contributed by atoms with Crippen molar-refractivity contribution in [2.75, 3.05) is 23.0 Å². The van der Waals surface area contributed by atoms with E-state index in [2.05, 4.69) is 5.32 Å². The Kier molecular flexibility index (Phi) is 6.48. The van der Waals surface area contributed by atoms with Gasteiger partial charge in [0.1, 0.15) is 11.8 Å². The van der Waals surface area contributed by atoms with Gasteiger partial charge in [-0.3, -0.25) is 19.2 Å². The number of amides is 1. The smallest absolute Gasteiger partial charge is 0.271 e. The van der Waals surface area contributed by atoms with Gasteiger partial charge < -0.3 is 10.1 Å². The topological polar surface area (TPSA) is 119 Å². The zero-order valence-electron chi connectivity index (χ0n) is 16.8. The molecule has 2 aromatic carbocycles. The first kappa shape index (κ1) is 22.2. The number of nitrogens with zero attached hydrogens (tertiary/aromatic N) is 2. The minimum atomic E-state index is -3.80. The third-order valence-electron chi connectivity index (χ3n) is 4.34. The molecule has 0 saturated carbocycles. The molecule has 0 aliphatic heterocycles. The first-order chi connectivity index (χ1) is 13.5. The molecule has 1 amide bonds. The summed E-state index contributed by atoms with van der Waals surface area (Å²) in [7, 11) is -2.44. The van der Waals surface area contributed by atoms with E-state index in [0.29, 0.717) is 11.3 Å². The van der Waals surface area contributed by atoms with Crippen LogP contribution in [0.2, 0.25) is 0 Å². The molecule has 2 rings (SSSR count). The molecule has 2 aromatic rings. The summed E-state index contributed by atoms with van der Waals surface area (Å²) in [5, 5.41) is 13.6. The molecule has 0 aliphatic carbocycles. The van der Waals surface area contributed by atoms with Crippen LogP contribution in [0, 0.1) is 24.0 Å². The number of sulfonamides is 1. The molecular weight excluding hydrogens is 398 g/mol. The van der Waals surface area contributed by atoms with Crippen LogP contribution < -0.4 is 14.4 Å². The van der Waals surface area contributed by atoms with Crippen LogP contribution >= 0.6 is 0 Å². The lowest BCUT2D eigenvalue weighted by molar-refractivity contribution is -0.384. The minimum absolute atomic E-state index is 0.0768. The van der Waals surface area contributed by atoms with Gasteiger partial charge in [-0.1, -0.05) is 12.1 Å². The number of aryl methyl sites for hydroxylation is 2. The first-order valence-electron chi connectivity index (χ1n) is 8.65. The maximum absolute atomic E-state index is 12.9. The summed E-state index contributed by atoms with van der Waals surface area (Å²) in [5.74, 6) is -0.441. The number of methoxy groups -OCH3 is 1. The zero-order valence-corrected chi connectivity index (χ0v) is 17.6. The van der Waals surface area contributed by atoms with Crippen molar-refractivity contribution < 1.29 is 22.9 Å². The Balaban J connectivity index is 2.44. The zero-order chi connectivity index (χ0) is 21.9. The number of nitrogens with one attached hydrogen (secondary N) is 1. The second kappa shape index (κ2) is 8.48. The number of hydrogen-bond donors (Lipinski definition) is 1. The summed E-state index contributed by atoms with van der Waals surface area (Å²) < 4.78 is 31.2.